The van der Waals surface area contributed by atoms with Crippen molar-refractivity contribution in [3.63, 3.8) is 0 Å². The van der Waals surface area contributed by atoms with E-state index in [1.54, 1.807) is 12.1 Å². The highest BCUT2D eigenvalue weighted by molar-refractivity contribution is 5.92. The fourth-order valence-corrected chi connectivity index (χ4v) is 2.43. The number of furan rings is 1. The lowest BCUT2D eigenvalue weighted by Crippen LogP contribution is -2.09. The Morgan fingerprint density at radius 3 is 2.54 bits per heavy atom. The summed E-state index contributed by atoms with van der Waals surface area (Å²) in [6, 6.07) is 4.62. The Kier molecular flexibility index (Phi) is 6.43. The Bertz CT molecular complexity index is 804. The molecule has 2 aromatic rings. The highest BCUT2D eigenvalue weighted by atomic mass is 16.5. The second kappa shape index (κ2) is 8.75. The summed E-state index contributed by atoms with van der Waals surface area (Å²) in [4.78, 5) is 24.0. The lowest BCUT2D eigenvalue weighted by Gasteiger charge is -2.14. The fraction of sp³-hybridized carbons (Fsp3) is 0.263. The third-order valence-corrected chi connectivity index (χ3v) is 3.64. The standard InChI is InChI=1S/C19H20O7/c1-5-6-12-9-13(10-15(22-2)17(12)23-3)18(20)26-11-16-14(7-8-25-16)19(21)24-4/h5,7-10H,1,6,11H2,2-4H3. The van der Waals surface area contributed by atoms with Gasteiger partial charge in [0.15, 0.2) is 23.9 Å². The number of benzene rings is 1. The van der Waals surface area contributed by atoms with Crippen LogP contribution in [0.25, 0.3) is 0 Å². The van der Waals surface area contributed by atoms with Crippen LogP contribution in [0.2, 0.25) is 0 Å². The number of rotatable bonds is 8. The Hall–Kier alpha value is -3.22. The van der Waals surface area contributed by atoms with Gasteiger partial charge in [-0.2, -0.15) is 0 Å². The Morgan fingerprint density at radius 1 is 1.15 bits per heavy atom. The molecule has 0 aliphatic rings. The third kappa shape index (κ3) is 4.05. The minimum Gasteiger partial charge on any atom is -0.493 e. The molecule has 0 radical (unpaired) electrons. The van der Waals surface area contributed by atoms with Gasteiger partial charge < -0.3 is 23.4 Å². The molecule has 7 nitrogen and oxygen atoms in total. The summed E-state index contributed by atoms with van der Waals surface area (Å²) in [7, 11) is 4.26. The summed E-state index contributed by atoms with van der Waals surface area (Å²) in [6.07, 6.45) is 3.51. The zero-order valence-corrected chi connectivity index (χ0v) is 14.9. The highest BCUT2D eigenvalue weighted by Crippen LogP contribution is 2.33. The number of hydrogen-bond donors (Lipinski definition) is 0. The lowest BCUT2D eigenvalue weighted by atomic mass is 10.1. The maximum Gasteiger partial charge on any atom is 0.341 e. The van der Waals surface area contributed by atoms with Crippen LogP contribution < -0.4 is 9.47 Å². The van der Waals surface area contributed by atoms with Crippen molar-refractivity contribution in [2.24, 2.45) is 0 Å². The first-order valence-electron chi connectivity index (χ1n) is 7.73. The summed E-state index contributed by atoms with van der Waals surface area (Å²) in [5.41, 5.74) is 1.23. The van der Waals surface area contributed by atoms with Gasteiger partial charge in [0, 0.05) is 5.56 Å². The van der Waals surface area contributed by atoms with Crippen LogP contribution in [0.1, 0.15) is 32.0 Å². The van der Waals surface area contributed by atoms with Crippen LogP contribution >= 0.6 is 0 Å². The molecule has 0 amide bonds. The SMILES string of the molecule is C=CCc1cc(C(=O)OCc2occc2C(=O)OC)cc(OC)c1OC. The molecule has 0 saturated heterocycles. The molecule has 0 N–H and O–H groups in total. The van der Waals surface area contributed by atoms with E-state index >= 15 is 0 Å². The van der Waals surface area contributed by atoms with E-state index in [9.17, 15) is 9.59 Å². The molecule has 0 aliphatic carbocycles. The molecule has 0 unspecified atom stereocenters. The lowest BCUT2D eigenvalue weighted by molar-refractivity contribution is 0.0431. The van der Waals surface area contributed by atoms with Gasteiger partial charge in [0.25, 0.3) is 0 Å². The maximum absolute atomic E-state index is 12.4. The highest BCUT2D eigenvalue weighted by Gasteiger charge is 2.19. The first kappa shape index (κ1) is 19.1. The average Bonchev–Trinajstić information content (AvgIpc) is 3.13. The molecule has 0 spiro atoms. The smallest absolute Gasteiger partial charge is 0.341 e. The van der Waals surface area contributed by atoms with Crippen molar-refractivity contribution < 1.29 is 33.0 Å². The number of allylic oxidation sites excluding steroid dienone is 1. The first-order chi connectivity index (χ1) is 12.5. The molecule has 0 fully saturated rings. The van der Waals surface area contributed by atoms with Crippen molar-refractivity contribution in [2.75, 3.05) is 21.3 Å². The molecule has 7 heteroatoms. The Labute approximate surface area is 151 Å². The van der Waals surface area contributed by atoms with Gasteiger partial charge in [-0.25, -0.2) is 9.59 Å². The number of esters is 2. The van der Waals surface area contributed by atoms with Crippen LogP contribution in [0.5, 0.6) is 11.5 Å². The molecule has 2 rings (SSSR count). The molecule has 0 atom stereocenters. The van der Waals surface area contributed by atoms with E-state index in [4.69, 9.17) is 18.6 Å². The zero-order chi connectivity index (χ0) is 19.1. The van der Waals surface area contributed by atoms with E-state index in [2.05, 4.69) is 11.3 Å². The normalized spacial score (nSPS) is 10.1. The molecule has 1 aromatic heterocycles. The zero-order valence-electron chi connectivity index (χ0n) is 14.9. The summed E-state index contributed by atoms with van der Waals surface area (Å²) in [5.74, 6) is -0.0142. The van der Waals surface area contributed by atoms with E-state index in [0.717, 1.165) is 5.56 Å². The summed E-state index contributed by atoms with van der Waals surface area (Å²) >= 11 is 0. The first-order valence-corrected chi connectivity index (χ1v) is 7.73. The molecule has 1 heterocycles. The van der Waals surface area contributed by atoms with Crippen molar-refractivity contribution in [1.82, 2.24) is 0 Å². The van der Waals surface area contributed by atoms with Gasteiger partial charge in [0.2, 0.25) is 0 Å². The van der Waals surface area contributed by atoms with Crippen molar-refractivity contribution in [2.45, 2.75) is 13.0 Å². The average molecular weight is 360 g/mol. The summed E-state index contributed by atoms with van der Waals surface area (Å²) in [6.45, 7) is 3.49. The number of carbonyl (C=O) groups excluding carboxylic acids is 2. The molecule has 0 saturated carbocycles. The van der Waals surface area contributed by atoms with E-state index in [1.807, 2.05) is 0 Å². The fourth-order valence-electron chi connectivity index (χ4n) is 2.43. The summed E-state index contributed by atoms with van der Waals surface area (Å²) < 4.78 is 25.7. The van der Waals surface area contributed by atoms with E-state index in [0.29, 0.717) is 17.9 Å². The molecule has 0 bridgehead atoms. The predicted molar refractivity (Wildman–Crippen MR) is 92.6 cm³/mol. The largest absolute Gasteiger partial charge is 0.493 e. The van der Waals surface area contributed by atoms with Crippen molar-refractivity contribution in [3.05, 3.63) is 59.6 Å². The predicted octanol–water partition coefficient (Wildman–Crippen LogP) is 3.17. The molecule has 1 aromatic carbocycles. The maximum atomic E-state index is 12.4. The van der Waals surface area contributed by atoms with Crippen LogP contribution in [0.4, 0.5) is 0 Å². The molecule has 0 aliphatic heterocycles. The van der Waals surface area contributed by atoms with E-state index in [1.165, 1.54) is 39.7 Å². The van der Waals surface area contributed by atoms with Gasteiger partial charge in [-0.1, -0.05) is 6.08 Å². The van der Waals surface area contributed by atoms with Gasteiger partial charge in [0.1, 0.15) is 5.56 Å². The van der Waals surface area contributed by atoms with Crippen molar-refractivity contribution in [3.8, 4) is 11.5 Å². The van der Waals surface area contributed by atoms with Gasteiger partial charge in [-0.05, 0) is 24.6 Å². The quantitative estimate of drug-likeness (QED) is 0.528. The van der Waals surface area contributed by atoms with Crippen molar-refractivity contribution in [1.29, 1.82) is 0 Å². The van der Waals surface area contributed by atoms with Crippen LogP contribution in [0.3, 0.4) is 0 Å². The van der Waals surface area contributed by atoms with Crippen LogP contribution in [0.15, 0.2) is 41.5 Å². The second-order valence-corrected chi connectivity index (χ2v) is 5.19. The van der Waals surface area contributed by atoms with Gasteiger partial charge in [0.05, 0.1) is 33.2 Å². The van der Waals surface area contributed by atoms with E-state index in [-0.39, 0.29) is 23.5 Å². The number of ether oxygens (including phenoxy) is 4. The monoisotopic (exact) mass is 360 g/mol. The minimum absolute atomic E-state index is 0.206. The number of hydrogen-bond acceptors (Lipinski definition) is 7. The molecule has 138 valence electrons. The van der Waals surface area contributed by atoms with Gasteiger partial charge in [-0.3, -0.25) is 0 Å². The third-order valence-electron chi connectivity index (χ3n) is 3.64. The molecular weight excluding hydrogens is 340 g/mol. The second-order valence-electron chi connectivity index (χ2n) is 5.19. The van der Waals surface area contributed by atoms with Crippen LogP contribution in [-0.2, 0) is 22.5 Å². The van der Waals surface area contributed by atoms with Crippen molar-refractivity contribution >= 4 is 11.9 Å². The van der Waals surface area contributed by atoms with Gasteiger partial charge in [-0.15, -0.1) is 6.58 Å². The van der Waals surface area contributed by atoms with Gasteiger partial charge >= 0.3 is 11.9 Å². The molecular formula is C19H20O7. The number of carbonyl (C=O) groups is 2. The van der Waals surface area contributed by atoms with Crippen LogP contribution in [-0.4, -0.2) is 33.3 Å². The summed E-state index contributed by atoms with van der Waals surface area (Å²) in [5, 5.41) is 0. The minimum atomic E-state index is -0.594. The van der Waals surface area contributed by atoms with Crippen LogP contribution in [0, 0.1) is 0 Å². The number of methoxy groups -OCH3 is 3. The van der Waals surface area contributed by atoms with E-state index < -0.39 is 11.9 Å². The Balaban J connectivity index is 2.22. The Morgan fingerprint density at radius 2 is 1.92 bits per heavy atom. The molecule has 26 heavy (non-hydrogen) atoms. The topological polar surface area (TPSA) is 84.2 Å².